The second-order valence-corrected chi connectivity index (χ2v) is 7.32. The lowest BCUT2D eigenvalue weighted by Gasteiger charge is -2.29. The van der Waals surface area contributed by atoms with Gasteiger partial charge in [0.25, 0.3) is 10.2 Å². The fourth-order valence-corrected chi connectivity index (χ4v) is 3.49. The predicted molar refractivity (Wildman–Crippen MR) is 65.6 cm³/mol. The topological polar surface area (TPSA) is 69.6 Å². The van der Waals surface area contributed by atoms with Gasteiger partial charge in [-0.15, -0.1) is 0 Å². The highest BCUT2D eigenvalue weighted by molar-refractivity contribution is 7.87. The van der Waals surface area contributed by atoms with Gasteiger partial charge in [0.05, 0.1) is 0 Å². The Balaban J connectivity index is 1.86. The molecule has 0 bridgehead atoms. The average Bonchev–Trinajstić information content (AvgIpc) is 3.08. The van der Waals surface area contributed by atoms with E-state index in [1.54, 1.807) is 0 Å². The molecular weight excluding hydrogens is 240 g/mol. The predicted octanol–water partition coefficient (Wildman–Crippen LogP) is 0.325. The average molecular weight is 262 g/mol. The van der Waals surface area contributed by atoms with Gasteiger partial charge in [-0.2, -0.15) is 12.7 Å². The molecule has 2 fully saturated rings. The normalized spacial score (nSPS) is 26.0. The highest BCUT2D eigenvalue weighted by atomic mass is 32.2. The van der Waals surface area contributed by atoms with Crippen molar-refractivity contribution in [3.05, 3.63) is 0 Å². The van der Waals surface area contributed by atoms with Crippen molar-refractivity contribution >= 4 is 10.2 Å². The number of piperidine rings is 1. The number of aliphatic hydroxyl groups is 1. The first-order valence-corrected chi connectivity index (χ1v) is 7.77. The molecule has 0 aromatic carbocycles. The molecule has 1 heterocycles. The van der Waals surface area contributed by atoms with E-state index in [1.807, 2.05) is 0 Å². The van der Waals surface area contributed by atoms with E-state index in [-0.39, 0.29) is 12.0 Å². The number of hydrogen-bond donors (Lipinski definition) is 2. The molecule has 2 rings (SSSR count). The van der Waals surface area contributed by atoms with Crippen molar-refractivity contribution in [3.63, 3.8) is 0 Å². The van der Waals surface area contributed by atoms with Crippen molar-refractivity contribution < 1.29 is 13.5 Å². The Kier molecular flexibility index (Phi) is 3.77. The lowest BCUT2D eigenvalue weighted by molar-refractivity contribution is 0.211. The van der Waals surface area contributed by atoms with Gasteiger partial charge < -0.3 is 5.11 Å². The van der Waals surface area contributed by atoms with Crippen molar-refractivity contribution in [3.8, 4) is 0 Å². The lowest BCUT2D eigenvalue weighted by atomic mass is 10.0. The van der Waals surface area contributed by atoms with Crippen LogP contribution < -0.4 is 4.72 Å². The number of hydrogen-bond acceptors (Lipinski definition) is 3. The number of aliphatic hydroxyl groups excluding tert-OH is 1. The molecule has 0 aromatic heterocycles. The molecule has 17 heavy (non-hydrogen) atoms. The zero-order chi connectivity index (χ0) is 12.5. The Labute approximate surface area is 103 Å². The molecule has 1 aliphatic heterocycles. The first kappa shape index (κ1) is 13.3. The Morgan fingerprint density at radius 2 is 1.94 bits per heavy atom. The largest absolute Gasteiger partial charge is 0.396 e. The minimum atomic E-state index is -3.34. The third-order valence-electron chi connectivity index (χ3n) is 4.00. The third-order valence-corrected chi connectivity index (χ3v) is 5.56. The Bertz CT molecular complexity index is 357. The quantitative estimate of drug-likeness (QED) is 0.750. The molecule has 0 atom stereocenters. The molecule has 1 aliphatic carbocycles. The van der Waals surface area contributed by atoms with Crippen molar-refractivity contribution in [1.29, 1.82) is 0 Å². The first-order valence-electron chi connectivity index (χ1n) is 6.33. The van der Waals surface area contributed by atoms with Crippen LogP contribution in [0.1, 0.15) is 32.6 Å². The van der Waals surface area contributed by atoms with Crippen LogP contribution in [0.4, 0.5) is 0 Å². The van der Waals surface area contributed by atoms with Gasteiger partial charge in [-0.1, -0.05) is 6.92 Å². The summed E-state index contributed by atoms with van der Waals surface area (Å²) < 4.78 is 28.2. The van der Waals surface area contributed by atoms with Gasteiger partial charge in [-0.25, -0.2) is 4.72 Å². The summed E-state index contributed by atoms with van der Waals surface area (Å²) in [6.45, 7) is 3.83. The molecule has 2 N–H and O–H groups in total. The molecule has 5 nitrogen and oxygen atoms in total. The number of rotatable bonds is 5. The summed E-state index contributed by atoms with van der Waals surface area (Å²) in [6, 6.07) is 0. The molecule has 0 unspecified atom stereocenters. The molecule has 0 aromatic rings. The molecule has 100 valence electrons. The Morgan fingerprint density at radius 3 is 2.41 bits per heavy atom. The summed E-state index contributed by atoms with van der Waals surface area (Å²) in [4.78, 5) is 0. The zero-order valence-electron chi connectivity index (χ0n) is 10.4. The van der Waals surface area contributed by atoms with E-state index >= 15 is 0 Å². The van der Waals surface area contributed by atoms with Crippen LogP contribution >= 0.6 is 0 Å². The highest BCUT2D eigenvalue weighted by Crippen LogP contribution is 2.44. The van der Waals surface area contributed by atoms with Crippen LogP contribution in [0.3, 0.4) is 0 Å². The maximum atomic E-state index is 12.0. The summed E-state index contributed by atoms with van der Waals surface area (Å²) in [5, 5.41) is 9.15. The van der Waals surface area contributed by atoms with Gasteiger partial charge in [0, 0.05) is 31.7 Å². The van der Waals surface area contributed by atoms with Gasteiger partial charge in [-0.3, -0.25) is 0 Å². The molecule has 0 amide bonds. The summed E-state index contributed by atoms with van der Waals surface area (Å²) in [5.74, 6) is 0.619. The van der Waals surface area contributed by atoms with Gasteiger partial charge in [0.15, 0.2) is 0 Å². The molecule has 2 aliphatic rings. The number of nitrogens with one attached hydrogen (secondary N) is 1. The molecule has 1 saturated heterocycles. The maximum absolute atomic E-state index is 12.0. The SMILES string of the molecule is CC1CCN(S(=O)(=O)NCC2(CO)CC2)CC1. The third kappa shape index (κ3) is 3.19. The second-order valence-electron chi connectivity index (χ2n) is 5.57. The summed E-state index contributed by atoms with van der Waals surface area (Å²) in [5.41, 5.74) is -0.170. The molecule has 1 saturated carbocycles. The fourth-order valence-electron chi connectivity index (χ4n) is 2.13. The van der Waals surface area contributed by atoms with Crippen molar-refractivity contribution in [2.45, 2.75) is 32.6 Å². The second kappa shape index (κ2) is 4.84. The van der Waals surface area contributed by atoms with Gasteiger partial charge in [0.2, 0.25) is 0 Å². The van der Waals surface area contributed by atoms with Crippen molar-refractivity contribution in [2.75, 3.05) is 26.2 Å². The van der Waals surface area contributed by atoms with Gasteiger partial charge in [0.1, 0.15) is 0 Å². The zero-order valence-corrected chi connectivity index (χ0v) is 11.2. The van der Waals surface area contributed by atoms with Crippen molar-refractivity contribution in [1.82, 2.24) is 9.03 Å². The van der Waals surface area contributed by atoms with Crippen LogP contribution in [0.25, 0.3) is 0 Å². The smallest absolute Gasteiger partial charge is 0.279 e. The fraction of sp³-hybridized carbons (Fsp3) is 1.00. The van der Waals surface area contributed by atoms with Crippen molar-refractivity contribution in [2.24, 2.45) is 11.3 Å². The highest BCUT2D eigenvalue weighted by Gasteiger charge is 2.43. The minimum Gasteiger partial charge on any atom is -0.396 e. The Hall–Kier alpha value is -0.170. The first-order chi connectivity index (χ1) is 7.97. The standard InChI is InChI=1S/C11H22N2O3S/c1-10-2-6-13(7-3-10)17(15,16)12-8-11(9-14)4-5-11/h10,12,14H,2-9H2,1H3. The van der Waals surface area contributed by atoms with Crippen LogP contribution in [0.15, 0.2) is 0 Å². The minimum absolute atomic E-state index is 0.0759. The van der Waals surface area contributed by atoms with Crippen LogP contribution in [0.5, 0.6) is 0 Å². The van der Waals surface area contributed by atoms with E-state index < -0.39 is 10.2 Å². The molecule has 6 heteroatoms. The van der Waals surface area contributed by atoms with E-state index in [4.69, 9.17) is 5.11 Å². The van der Waals surface area contributed by atoms with Crippen LogP contribution in [-0.4, -0.2) is 44.1 Å². The molecule has 0 spiro atoms. The maximum Gasteiger partial charge on any atom is 0.279 e. The Morgan fingerprint density at radius 1 is 1.35 bits per heavy atom. The summed E-state index contributed by atoms with van der Waals surface area (Å²) in [7, 11) is -3.34. The van der Waals surface area contributed by atoms with E-state index in [2.05, 4.69) is 11.6 Å². The monoisotopic (exact) mass is 262 g/mol. The summed E-state index contributed by atoms with van der Waals surface area (Å²) >= 11 is 0. The van der Waals surface area contributed by atoms with E-state index in [1.165, 1.54) is 4.31 Å². The van der Waals surface area contributed by atoms with E-state index in [0.717, 1.165) is 25.7 Å². The van der Waals surface area contributed by atoms with E-state index in [0.29, 0.717) is 25.6 Å². The lowest BCUT2D eigenvalue weighted by Crippen LogP contribution is -2.46. The van der Waals surface area contributed by atoms with Crippen LogP contribution in [-0.2, 0) is 10.2 Å². The molecular formula is C11H22N2O3S. The van der Waals surface area contributed by atoms with Gasteiger partial charge in [-0.05, 0) is 31.6 Å². The van der Waals surface area contributed by atoms with Crippen LogP contribution in [0, 0.1) is 11.3 Å². The van der Waals surface area contributed by atoms with E-state index in [9.17, 15) is 8.42 Å². The number of nitrogens with zero attached hydrogens (tertiary/aromatic N) is 1. The summed E-state index contributed by atoms with van der Waals surface area (Å²) in [6.07, 6.45) is 3.71. The molecule has 0 radical (unpaired) electrons. The van der Waals surface area contributed by atoms with Crippen LogP contribution in [0.2, 0.25) is 0 Å². The van der Waals surface area contributed by atoms with Gasteiger partial charge >= 0.3 is 0 Å².